The second-order valence-electron chi connectivity index (χ2n) is 9.98. The SMILES string of the molecule is CC[C@@]1(c2cccc(-c3ccnc(OC)c3)c2)C2=C(CC(C)(C)CC2=O)NC2N=NC(C)=C21. The van der Waals surface area contributed by atoms with Crippen LogP contribution in [0.25, 0.3) is 11.1 Å². The molecule has 1 N–H and O–H groups in total. The number of hydrogen-bond donors (Lipinski definition) is 1. The number of hydrogen-bond acceptors (Lipinski definition) is 6. The molecular weight excluding hydrogens is 412 g/mol. The Morgan fingerprint density at radius 3 is 2.70 bits per heavy atom. The first kappa shape index (κ1) is 21.6. The summed E-state index contributed by atoms with van der Waals surface area (Å²) in [6, 6.07) is 12.4. The van der Waals surface area contributed by atoms with Gasteiger partial charge in [0.25, 0.3) is 0 Å². The summed E-state index contributed by atoms with van der Waals surface area (Å²) in [6.45, 7) is 8.49. The van der Waals surface area contributed by atoms with Gasteiger partial charge >= 0.3 is 0 Å². The highest BCUT2D eigenvalue weighted by molar-refractivity contribution is 6.01. The van der Waals surface area contributed by atoms with E-state index in [1.165, 1.54) is 0 Å². The van der Waals surface area contributed by atoms with E-state index in [-0.39, 0.29) is 17.4 Å². The highest BCUT2D eigenvalue weighted by Gasteiger charge is 2.53. The van der Waals surface area contributed by atoms with Gasteiger partial charge in [0.2, 0.25) is 5.88 Å². The fourth-order valence-electron chi connectivity index (χ4n) is 5.87. The van der Waals surface area contributed by atoms with Crippen molar-refractivity contribution in [3.63, 3.8) is 0 Å². The molecule has 0 amide bonds. The zero-order valence-electron chi connectivity index (χ0n) is 19.9. The summed E-state index contributed by atoms with van der Waals surface area (Å²) in [5.41, 5.74) is 6.47. The lowest BCUT2D eigenvalue weighted by atomic mass is 9.58. The molecule has 3 aliphatic rings. The first-order valence-electron chi connectivity index (χ1n) is 11.6. The Kier molecular flexibility index (Phi) is 5.00. The van der Waals surface area contributed by atoms with E-state index in [4.69, 9.17) is 4.74 Å². The van der Waals surface area contributed by atoms with Crippen LogP contribution in [-0.4, -0.2) is 24.0 Å². The maximum atomic E-state index is 13.7. The lowest BCUT2D eigenvalue weighted by Crippen LogP contribution is -2.51. The minimum atomic E-state index is -0.556. The molecule has 3 heterocycles. The number of aromatic nitrogens is 1. The zero-order valence-corrected chi connectivity index (χ0v) is 19.9. The Bertz CT molecular complexity index is 1240. The van der Waals surface area contributed by atoms with E-state index in [2.05, 4.69) is 65.6 Å². The quantitative estimate of drug-likeness (QED) is 0.657. The number of nitrogens with one attached hydrogen (secondary N) is 1. The Hall–Kier alpha value is -3.28. The third-order valence-electron chi connectivity index (χ3n) is 7.22. The fourth-order valence-corrected chi connectivity index (χ4v) is 5.87. The number of ketones is 1. The number of Topliss-reactive ketones (excluding diaryl/α,β-unsaturated/α-hetero) is 1. The standard InChI is InChI=1S/C27H30N4O2/c1-6-27(19-9-7-8-17(12-19)18-10-11-28-22(13-18)33-5)23-16(2)30-31-25(23)29-20-14-26(3,4)15-21(32)24(20)27/h7-13,25,29H,6,14-15H2,1-5H3/t25?,27-/m0/s1. The molecule has 1 aliphatic carbocycles. The van der Waals surface area contributed by atoms with Gasteiger partial charge in [0.1, 0.15) is 0 Å². The molecule has 5 rings (SSSR count). The van der Waals surface area contributed by atoms with Crippen LogP contribution in [0.15, 0.2) is 75.4 Å². The van der Waals surface area contributed by atoms with Crippen LogP contribution < -0.4 is 10.1 Å². The van der Waals surface area contributed by atoms with E-state index >= 15 is 0 Å². The molecule has 0 fully saturated rings. The molecule has 0 saturated heterocycles. The molecule has 6 nitrogen and oxygen atoms in total. The number of nitrogens with zero attached hydrogens (tertiary/aromatic N) is 3. The molecule has 2 aliphatic heterocycles. The van der Waals surface area contributed by atoms with Crippen LogP contribution in [0.4, 0.5) is 0 Å². The number of methoxy groups -OCH3 is 1. The normalized spacial score (nSPS) is 25.6. The van der Waals surface area contributed by atoms with Crippen LogP contribution in [0.1, 0.15) is 52.5 Å². The van der Waals surface area contributed by atoms with Gasteiger partial charge in [-0.15, -0.1) is 0 Å². The number of ether oxygens (including phenoxy) is 1. The molecule has 1 aromatic carbocycles. The molecule has 0 spiro atoms. The minimum absolute atomic E-state index is 0.0795. The number of benzene rings is 1. The largest absolute Gasteiger partial charge is 0.481 e. The highest BCUT2D eigenvalue weighted by Crippen LogP contribution is 2.55. The van der Waals surface area contributed by atoms with Gasteiger partial charge in [-0.05, 0) is 54.0 Å². The van der Waals surface area contributed by atoms with Crippen LogP contribution in [0.5, 0.6) is 5.88 Å². The van der Waals surface area contributed by atoms with Gasteiger partial charge in [-0.3, -0.25) is 4.79 Å². The summed E-state index contributed by atoms with van der Waals surface area (Å²) in [5.74, 6) is 0.795. The molecule has 0 radical (unpaired) electrons. The number of carbonyl (C=O) groups excluding carboxylic acids is 1. The number of pyridine rings is 1. The molecule has 2 aromatic rings. The highest BCUT2D eigenvalue weighted by atomic mass is 16.5. The Balaban J connectivity index is 1.75. The van der Waals surface area contributed by atoms with Gasteiger partial charge in [0.05, 0.1) is 18.2 Å². The van der Waals surface area contributed by atoms with Crippen molar-refractivity contribution < 1.29 is 9.53 Å². The van der Waals surface area contributed by atoms with Crippen LogP contribution >= 0.6 is 0 Å². The van der Waals surface area contributed by atoms with E-state index in [9.17, 15) is 4.79 Å². The molecular formula is C27H30N4O2. The second-order valence-corrected chi connectivity index (χ2v) is 9.98. The minimum Gasteiger partial charge on any atom is -0.481 e. The number of carbonyl (C=O) groups is 1. The summed E-state index contributed by atoms with van der Waals surface area (Å²) < 4.78 is 5.34. The van der Waals surface area contributed by atoms with Crippen molar-refractivity contribution in [1.29, 1.82) is 0 Å². The predicted molar refractivity (Wildman–Crippen MR) is 128 cm³/mol. The van der Waals surface area contributed by atoms with Crippen molar-refractivity contribution in [3.8, 4) is 17.0 Å². The third kappa shape index (κ3) is 3.31. The second kappa shape index (κ2) is 7.65. The summed E-state index contributed by atoms with van der Waals surface area (Å²) >= 11 is 0. The van der Waals surface area contributed by atoms with Crippen molar-refractivity contribution in [2.24, 2.45) is 15.6 Å². The summed E-state index contributed by atoms with van der Waals surface area (Å²) in [7, 11) is 1.62. The van der Waals surface area contributed by atoms with Gasteiger partial charge in [-0.2, -0.15) is 10.2 Å². The summed E-state index contributed by atoms with van der Waals surface area (Å²) in [4.78, 5) is 18.0. The predicted octanol–water partition coefficient (Wildman–Crippen LogP) is 5.72. The Morgan fingerprint density at radius 2 is 1.94 bits per heavy atom. The maximum absolute atomic E-state index is 13.7. The van der Waals surface area contributed by atoms with E-state index in [1.54, 1.807) is 13.3 Å². The Morgan fingerprint density at radius 1 is 1.15 bits per heavy atom. The molecule has 170 valence electrons. The van der Waals surface area contributed by atoms with Gasteiger partial charge < -0.3 is 10.1 Å². The van der Waals surface area contributed by atoms with Gasteiger partial charge in [-0.25, -0.2) is 4.98 Å². The molecule has 33 heavy (non-hydrogen) atoms. The lowest BCUT2D eigenvalue weighted by molar-refractivity contribution is -0.119. The average molecular weight is 443 g/mol. The van der Waals surface area contributed by atoms with Crippen LogP contribution in [-0.2, 0) is 10.2 Å². The maximum Gasteiger partial charge on any atom is 0.213 e. The van der Waals surface area contributed by atoms with E-state index in [0.717, 1.165) is 52.1 Å². The van der Waals surface area contributed by atoms with E-state index in [1.807, 2.05) is 19.1 Å². The smallest absolute Gasteiger partial charge is 0.213 e. The van der Waals surface area contributed by atoms with Crippen molar-refractivity contribution in [2.45, 2.75) is 58.5 Å². The van der Waals surface area contributed by atoms with Gasteiger partial charge in [0, 0.05) is 35.5 Å². The molecule has 0 bridgehead atoms. The first-order valence-corrected chi connectivity index (χ1v) is 11.6. The zero-order chi connectivity index (χ0) is 23.4. The first-order chi connectivity index (χ1) is 15.8. The lowest BCUT2D eigenvalue weighted by Gasteiger charge is -2.48. The number of rotatable bonds is 4. The van der Waals surface area contributed by atoms with E-state index < -0.39 is 5.41 Å². The molecule has 1 unspecified atom stereocenters. The number of allylic oxidation sites excluding steroid dienone is 3. The molecule has 1 aromatic heterocycles. The van der Waals surface area contributed by atoms with Crippen molar-refractivity contribution >= 4 is 5.78 Å². The summed E-state index contributed by atoms with van der Waals surface area (Å²) in [5, 5.41) is 12.6. The topological polar surface area (TPSA) is 75.9 Å². The van der Waals surface area contributed by atoms with E-state index in [0.29, 0.717) is 12.3 Å². The van der Waals surface area contributed by atoms with Crippen molar-refractivity contribution in [2.75, 3.05) is 7.11 Å². The molecule has 6 heteroatoms. The number of azo groups is 1. The number of fused-ring (bicyclic) bond motifs is 1. The molecule has 2 atom stereocenters. The van der Waals surface area contributed by atoms with Crippen molar-refractivity contribution in [1.82, 2.24) is 10.3 Å². The average Bonchev–Trinajstić information content (AvgIpc) is 3.17. The molecule has 0 saturated carbocycles. The third-order valence-corrected chi connectivity index (χ3v) is 7.22. The van der Waals surface area contributed by atoms with Crippen molar-refractivity contribution in [3.05, 3.63) is 70.7 Å². The monoisotopic (exact) mass is 442 g/mol. The van der Waals surface area contributed by atoms with Crippen LogP contribution in [0.3, 0.4) is 0 Å². The van der Waals surface area contributed by atoms with Gasteiger partial charge in [-0.1, -0.05) is 39.0 Å². The Labute approximate surface area is 194 Å². The summed E-state index contributed by atoms with van der Waals surface area (Å²) in [6.07, 6.45) is 3.66. The van der Waals surface area contributed by atoms with Gasteiger partial charge in [0.15, 0.2) is 11.9 Å². The van der Waals surface area contributed by atoms with Crippen LogP contribution in [0.2, 0.25) is 0 Å². The fraction of sp³-hybridized carbons (Fsp3) is 0.407. The van der Waals surface area contributed by atoms with Crippen LogP contribution in [0, 0.1) is 5.41 Å².